The van der Waals surface area contributed by atoms with Gasteiger partial charge in [0.15, 0.2) is 0 Å². The molecule has 1 aliphatic heterocycles. The van der Waals surface area contributed by atoms with Gasteiger partial charge in [-0.15, -0.1) is 0 Å². The zero-order valence-corrected chi connectivity index (χ0v) is 12.6. The Kier molecular flexibility index (Phi) is 5.27. The molecule has 0 bridgehead atoms. The van der Waals surface area contributed by atoms with E-state index in [1.807, 2.05) is 24.0 Å². The molecular weight excluding hydrogens is 270 g/mol. The van der Waals surface area contributed by atoms with Crippen molar-refractivity contribution in [2.75, 3.05) is 44.0 Å². The molecular formula is C15H23N3O3. The van der Waals surface area contributed by atoms with Gasteiger partial charge in [-0.2, -0.15) is 0 Å². The lowest BCUT2D eigenvalue weighted by atomic mass is 10.1. The maximum absolute atomic E-state index is 12.3. The fourth-order valence-electron chi connectivity index (χ4n) is 2.37. The van der Waals surface area contributed by atoms with E-state index in [2.05, 4.69) is 5.32 Å². The number of nitrogens with one attached hydrogen (secondary N) is 1. The molecule has 116 valence electrons. The average molecular weight is 293 g/mol. The number of amides is 1. The summed E-state index contributed by atoms with van der Waals surface area (Å²) >= 11 is 0. The number of carbonyl (C=O) groups excluding carboxylic acids is 1. The van der Waals surface area contributed by atoms with E-state index < -0.39 is 0 Å². The van der Waals surface area contributed by atoms with E-state index in [0.717, 1.165) is 17.9 Å². The van der Waals surface area contributed by atoms with Crippen LogP contribution in [0.4, 0.5) is 11.4 Å². The Morgan fingerprint density at radius 1 is 1.57 bits per heavy atom. The molecule has 1 fully saturated rings. The van der Waals surface area contributed by atoms with Gasteiger partial charge in [-0.05, 0) is 18.6 Å². The Labute approximate surface area is 125 Å². The van der Waals surface area contributed by atoms with E-state index in [0.29, 0.717) is 32.0 Å². The van der Waals surface area contributed by atoms with Gasteiger partial charge < -0.3 is 25.4 Å². The molecule has 0 aliphatic carbocycles. The molecule has 1 aromatic rings. The minimum atomic E-state index is -0.361. The van der Waals surface area contributed by atoms with Crippen LogP contribution in [-0.4, -0.2) is 45.4 Å². The summed E-state index contributed by atoms with van der Waals surface area (Å²) < 4.78 is 10.7. The average Bonchev–Trinajstić information content (AvgIpc) is 2.53. The molecule has 6 heteroatoms. The molecule has 1 aromatic carbocycles. The predicted molar refractivity (Wildman–Crippen MR) is 82.7 cm³/mol. The lowest BCUT2D eigenvalue weighted by Gasteiger charge is -2.37. The van der Waals surface area contributed by atoms with E-state index in [1.165, 1.54) is 0 Å². The van der Waals surface area contributed by atoms with Crippen molar-refractivity contribution in [2.24, 2.45) is 0 Å². The van der Waals surface area contributed by atoms with Crippen LogP contribution in [0.15, 0.2) is 18.2 Å². The van der Waals surface area contributed by atoms with Gasteiger partial charge in [0.1, 0.15) is 11.8 Å². The molecule has 0 saturated carbocycles. The van der Waals surface area contributed by atoms with E-state index >= 15 is 0 Å². The summed E-state index contributed by atoms with van der Waals surface area (Å²) in [7, 11) is 1.61. The summed E-state index contributed by atoms with van der Waals surface area (Å²) in [6.45, 7) is 4.26. The third-order valence-electron chi connectivity index (χ3n) is 3.53. The number of methoxy groups -OCH3 is 1. The number of benzene rings is 1. The SMILES string of the molecule is CCCNC(=O)C1COCCN1c1cc(OC)ccc1N. The van der Waals surface area contributed by atoms with Crippen molar-refractivity contribution >= 4 is 17.3 Å². The number of rotatable bonds is 5. The highest BCUT2D eigenvalue weighted by molar-refractivity contribution is 5.87. The number of nitrogens with zero attached hydrogens (tertiary/aromatic N) is 1. The largest absolute Gasteiger partial charge is 0.497 e. The maximum Gasteiger partial charge on any atom is 0.245 e. The Hall–Kier alpha value is -1.95. The second-order valence-electron chi connectivity index (χ2n) is 5.00. The highest BCUT2D eigenvalue weighted by Crippen LogP contribution is 2.30. The van der Waals surface area contributed by atoms with Crippen LogP contribution in [-0.2, 0) is 9.53 Å². The number of nitrogens with two attached hydrogens (primary N) is 1. The summed E-state index contributed by atoms with van der Waals surface area (Å²) in [5.74, 6) is 0.692. The number of ether oxygens (including phenoxy) is 2. The fraction of sp³-hybridized carbons (Fsp3) is 0.533. The number of hydrogen-bond acceptors (Lipinski definition) is 5. The van der Waals surface area contributed by atoms with Crippen LogP contribution in [0.1, 0.15) is 13.3 Å². The smallest absolute Gasteiger partial charge is 0.245 e. The van der Waals surface area contributed by atoms with Gasteiger partial charge in [0.05, 0.1) is 31.7 Å². The zero-order valence-electron chi connectivity index (χ0n) is 12.6. The third-order valence-corrected chi connectivity index (χ3v) is 3.53. The number of hydrogen-bond donors (Lipinski definition) is 2. The van der Waals surface area contributed by atoms with Crippen LogP contribution < -0.4 is 20.7 Å². The number of nitrogen functional groups attached to an aromatic ring is 1. The standard InChI is InChI=1S/C15H23N3O3/c1-3-6-17-15(19)14-10-21-8-7-18(14)13-9-11(20-2)4-5-12(13)16/h4-5,9,14H,3,6-8,10,16H2,1-2H3,(H,17,19). The first-order chi connectivity index (χ1) is 10.2. The van der Waals surface area contributed by atoms with Crippen LogP contribution in [0.5, 0.6) is 5.75 Å². The minimum Gasteiger partial charge on any atom is -0.497 e. The molecule has 2 rings (SSSR count). The summed E-state index contributed by atoms with van der Waals surface area (Å²) in [6, 6.07) is 5.11. The van der Waals surface area contributed by atoms with E-state index in [9.17, 15) is 4.79 Å². The van der Waals surface area contributed by atoms with E-state index in [1.54, 1.807) is 13.2 Å². The van der Waals surface area contributed by atoms with Crippen molar-refractivity contribution < 1.29 is 14.3 Å². The van der Waals surface area contributed by atoms with Crippen molar-refractivity contribution in [3.05, 3.63) is 18.2 Å². The summed E-state index contributed by atoms with van der Waals surface area (Å²) in [5.41, 5.74) is 7.51. The molecule has 0 radical (unpaired) electrons. The normalized spacial score (nSPS) is 18.4. The second-order valence-corrected chi connectivity index (χ2v) is 5.00. The molecule has 1 atom stereocenters. The summed E-state index contributed by atoms with van der Waals surface area (Å²) in [6.07, 6.45) is 0.903. The number of carbonyl (C=O) groups is 1. The van der Waals surface area contributed by atoms with E-state index in [4.69, 9.17) is 15.2 Å². The Balaban J connectivity index is 2.23. The van der Waals surface area contributed by atoms with Crippen LogP contribution >= 0.6 is 0 Å². The molecule has 0 aromatic heterocycles. The molecule has 1 unspecified atom stereocenters. The Morgan fingerprint density at radius 3 is 3.10 bits per heavy atom. The monoisotopic (exact) mass is 293 g/mol. The van der Waals surface area contributed by atoms with Gasteiger partial charge >= 0.3 is 0 Å². The fourth-order valence-corrected chi connectivity index (χ4v) is 2.37. The first kappa shape index (κ1) is 15.4. The van der Waals surface area contributed by atoms with Gasteiger partial charge in [0.25, 0.3) is 0 Å². The van der Waals surface area contributed by atoms with Crippen molar-refractivity contribution in [3.8, 4) is 5.75 Å². The van der Waals surface area contributed by atoms with Gasteiger partial charge in [0.2, 0.25) is 5.91 Å². The minimum absolute atomic E-state index is 0.0289. The first-order valence-electron chi connectivity index (χ1n) is 7.23. The molecule has 1 amide bonds. The van der Waals surface area contributed by atoms with Crippen LogP contribution in [0.25, 0.3) is 0 Å². The van der Waals surface area contributed by atoms with Crippen LogP contribution in [0, 0.1) is 0 Å². The van der Waals surface area contributed by atoms with Crippen LogP contribution in [0.2, 0.25) is 0 Å². The highest BCUT2D eigenvalue weighted by atomic mass is 16.5. The molecule has 1 saturated heterocycles. The van der Waals surface area contributed by atoms with Gasteiger partial charge in [0, 0.05) is 19.2 Å². The molecule has 1 heterocycles. The van der Waals surface area contributed by atoms with Crippen molar-refractivity contribution in [2.45, 2.75) is 19.4 Å². The quantitative estimate of drug-likeness (QED) is 0.792. The summed E-state index contributed by atoms with van der Waals surface area (Å²) in [4.78, 5) is 14.3. The van der Waals surface area contributed by atoms with Gasteiger partial charge in [-0.25, -0.2) is 0 Å². The molecule has 3 N–H and O–H groups in total. The second kappa shape index (κ2) is 7.17. The highest BCUT2D eigenvalue weighted by Gasteiger charge is 2.30. The van der Waals surface area contributed by atoms with Gasteiger partial charge in [-0.1, -0.05) is 6.92 Å². The number of anilines is 2. The lowest BCUT2D eigenvalue weighted by molar-refractivity contribution is -0.124. The maximum atomic E-state index is 12.3. The van der Waals surface area contributed by atoms with Crippen molar-refractivity contribution in [3.63, 3.8) is 0 Å². The van der Waals surface area contributed by atoms with Crippen molar-refractivity contribution in [1.82, 2.24) is 5.32 Å². The van der Waals surface area contributed by atoms with Crippen LogP contribution in [0.3, 0.4) is 0 Å². The zero-order chi connectivity index (χ0) is 15.2. The summed E-state index contributed by atoms with van der Waals surface area (Å²) in [5, 5.41) is 2.92. The topological polar surface area (TPSA) is 76.8 Å². The molecule has 6 nitrogen and oxygen atoms in total. The molecule has 0 spiro atoms. The predicted octanol–water partition coefficient (Wildman–Crippen LogP) is 1.01. The number of morpholine rings is 1. The molecule has 21 heavy (non-hydrogen) atoms. The third kappa shape index (κ3) is 3.58. The Bertz CT molecular complexity index is 493. The molecule has 1 aliphatic rings. The van der Waals surface area contributed by atoms with Crippen molar-refractivity contribution in [1.29, 1.82) is 0 Å². The van der Waals surface area contributed by atoms with Gasteiger partial charge in [-0.3, -0.25) is 4.79 Å². The van der Waals surface area contributed by atoms with E-state index in [-0.39, 0.29) is 11.9 Å². The Morgan fingerprint density at radius 2 is 2.38 bits per heavy atom. The first-order valence-corrected chi connectivity index (χ1v) is 7.23. The lowest BCUT2D eigenvalue weighted by Crippen LogP contribution is -2.54.